The Bertz CT molecular complexity index is 1110. The van der Waals surface area contributed by atoms with Crippen molar-refractivity contribution in [1.29, 1.82) is 0 Å². The minimum absolute atomic E-state index is 0.00679. The summed E-state index contributed by atoms with van der Waals surface area (Å²) in [6, 6.07) is 18.0. The van der Waals surface area contributed by atoms with Crippen LogP contribution >= 0.6 is 0 Å². The molecule has 4 heteroatoms. The third kappa shape index (κ3) is 2.18. The maximum atomic E-state index is 12.9. The van der Waals surface area contributed by atoms with Crippen molar-refractivity contribution >= 4 is 16.7 Å². The van der Waals surface area contributed by atoms with E-state index in [4.69, 9.17) is 0 Å². The molecule has 4 nitrogen and oxygen atoms in total. The van der Waals surface area contributed by atoms with Crippen LogP contribution in [0.5, 0.6) is 0 Å². The summed E-state index contributed by atoms with van der Waals surface area (Å²) >= 11 is 0. The van der Waals surface area contributed by atoms with E-state index in [1.807, 2.05) is 55.0 Å². The molecule has 120 valence electrons. The maximum Gasteiger partial charge on any atom is 0.166 e. The number of ketones is 1. The molecule has 1 aliphatic heterocycles. The van der Waals surface area contributed by atoms with Crippen LogP contribution in [0.3, 0.4) is 0 Å². The number of nitrogens with zero attached hydrogens (tertiary/aromatic N) is 3. The molecular weight excluding hydrogens is 310 g/mol. The summed E-state index contributed by atoms with van der Waals surface area (Å²) in [4.78, 5) is 21.6. The molecule has 0 saturated carbocycles. The number of pyridine rings is 1. The highest BCUT2D eigenvalue weighted by Crippen LogP contribution is 2.41. The molecule has 2 aromatic carbocycles. The lowest BCUT2D eigenvalue weighted by molar-refractivity contribution is 0.0970. The lowest BCUT2D eigenvalue weighted by Gasteiger charge is -2.14. The van der Waals surface area contributed by atoms with Crippen molar-refractivity contribution in [2.75, 3.05) is 0 Å². The number of hydrogen-bond donors (Lipinski definition) is 0. The van der Waals surface area contributed by atoms with Gasteiger partial charge in [-0.2, -0.15) is 0 Å². The second kappa shape index (κ2) is 5.38. The molecule has 2 aromatic heterocycles. The van der Waals surface area contributed by atoms with Crippen molar-refractivity contribution in [3.63, 3.8) is 0 Å². The Balaban J connectivity index is 1.51. The first kappa shape index (κ1) is 14.1. The molecular formula is C21H15N3O. The Hall–Kier alpha value is -3.27. The van der Waals surface area contributed by atoms with Crippen molar-refractivity contribution in [2.24, 2.45) is 0 Å². The van der Waals surface area contributed by atoms with E-state index < -0.39 is 0 Å². The van der Waals surface area contributed by atoms with E-state index in [9.17, 15) is 4.79 Å². The third-order valence-corrected chi connectivity index (χ3v) is 4.89. The first-order chi connectivity index (χ1) is 12.3. The van der Waals surface area contributed by atoms with E-state index in [1.165, 1.54) is 5.56 Å². The van der Waals surface area contributed by atoms with Gasteiger partial charge in [0, 0.05) is 29.1 Å². The molecule has 25 heavy (non-hydrogen) atoms. The van der Waals surface area contributed by atoms with E-state index in [0.29, 0.717) is 12.0 Å². The van der Waals surface area contributed by atoms with Crippen LogP contribution in [0.25, 0.3) is 22.2 Å². The number of hydrogen-bond acceptors (Lipinski definition) is 3. The average Bonchev–Trinajstić information content (AvgIpc) is 3.24. The quantitative estimate of drug-likeness (QED) is 0.528. The Morgan fingerprint density at radius 2 is 1.88 bits per heavy atom. The number of Topliss-reactive ketones (excluding diaryl/α,β-unsaturated/α-hetero) is 1. The third-order valence-electron chi connectivity index (χ3n) is 4.89. The average molecular weight is 325 g/mol. The van der Waals surface area contributed by atoms with Crippen molar-refractivity contribution in [2.45, 2.75) is 12.5 Å². The fourth-order valence-corrected chi connectivity index (χ4v) is 3.66. The van der Waals surface area contributed by atoms with Crippen LogP contribution in [0.2, 0.25) is 0 Å². The van der Waals surface area contributed by atoms with Crippen LogP contribution < -0.4 is 0 Å². The predicted molar refractivity (Wildman–Crippen MR) is 96.5 cm³/mol. The summed E-state index contributed by atoms with van der Waals surface area (Å²) in [5, 5.41) is 0.989. The Labute approximate surface area is 144 Å². The highest BCUT2D eigenvalue weighted by molar-refractivity contribution is 5.99. The van der Waals surface area contributed by atoms with Gasteiger partial charge in [-0.25, -0.2) is 4.98 Å². The zero-order chi connectivity index (χ0) is 16.8. The first-order valence-electron chi connectivity index (χ1n) is 8.30. The number of carbonyl (C=O) groups is 1. The van der Waals surface area contributed by atoms with Gasteiger partial charge < -0.3 is 4.57 Å². The Morgan fingerprint density at radius 3 is 2.84 bits per heavy atom. The minimum Gasteiger partial charge on any atom is -0.322 e. The number of imidazole rings is 1. The maximum absolute atomic E-state index is 12.9. The number of rotatable bonds is 3. The van der Waals surface area contributed by atoms with Gasteiger partial charge in [0.05, 0.1) is 29.8 Å². The van der Waals surface area contributed by atoms with E-state index in [1.54, 1.807) is 6.20 Å². The summed E-state index contributed by atoms with van der Waals surface area (Å²) < 4.78 is 2.09. The van der Waals surface area contributed by atoms with Crippen LogP contribution in [0.1, 0.15) is 28.4 Å². The fraction of sp³-hybridized carbons (Fsp3) is 0.0952. The number of carbonyl (C=O) groups excluding carboxylic acids is 1. The second-order valence-corrected chi connectivity index (χ2v) is 6.33. The Kier molecular flexibility index (Phi) is 3.04. The standard InChI is InChI=1S/C21H15N3O/c25-21(15-9-14-5-1-4-8-18(14)23-11-15)10-19-16-6-2-3-7-17(16)20-12-22-13-24(19)20/h1-9,11-13,19H,10H2. The number of fused-ring (bicyclic) bond motifs is 4. The molecule has 0 amide bonds. The van der Waals surface area contributed by atoms with E-state index >= 15 is 0 Å². The summed E-state index contributed by atoms with van der Waals surface area (Å²) in [7, 11) is 0. The van der Waals surface area contributed by atoms with E-state index in [0.717, 1.165) is 22.2 Å². The first-order valence-corrected chi connectivity index (χ1v) is 8.30. The molecule has 3 heterocycles. The summed E-state index contributed by atoms with van der Waals surface area (Å²) in [6.45, 7) is 0. The molecule has 5 rings (SSSR count). The van der Waals surface area contributed by atoms with Crippen molar-refractivity contribution < 1.29 is 4.79 Å². The molecule has 0 fully saturated rings. The van der Waals surface area contributed by atoms with Gasteiger partial charge in [0.1, 0.15) is 0 Å². The highest BCUT2D eigenvalue weighted by Gasteiger charge is 2.29. The van der Waals surface area contributed by atoms with Crippen LogP contribution in [-0.4, -0.2) is 20.3 Å². The monoisotopic (exact) mass is 325 g/mol. The summed E-state index contributed by atoms with van der Waals surface area (Å²) in [5.41, 5.74) is 4.98. The molecule has 0 bridgehead atoms. The van der Waals surface area contributed by atoms with Gasteiger partial charge in [0.15, 0.2) is 5.78 Å². The van der Waals surface area contributed by atoms with E-state index in [2.05, 4.69) is 26.7 Å². The van der Waals surface area contributed by atoms with Crippen molar-refractivity contribution in [3.05, 3.63) is 84.4 Å². The van der Waals surface area contributed by atoms with Gasteiger partial charge in [0.2, 0.25) is 0 Å². The van der Waals surface area contributed by atoms with Crippen molar-refractivity contribution in [3.8, 4) is 11.3 Å². The smallest absolute Gasteiger partial charge is 0.166 e. The second-order valence-electron chi connectivity index (χ2n) is 6.33. The molecule has 0 radical (unpaired) electrons. The molecule has 4 aromatic rings. The number of benzene rings is 2. The summed E-state index contributed by atoms with van der Waals surface area (Å²) in [5.74, 6) is 0.0969. The number of aromatic nitrogens is 3. The lowest BCUT2D eigenvalue weighted by atomic mass is 9.97. The minimum atomic E-state index is -0.00679. The predicted octanol–water partition coefficient (Wildman–Crippen LogP) is 4.27. The van der Waals surface area contributed by atoms with Gasteiger partial charge in [-0.3, -0.25) is 9.78 Å². The van der Waals surface area contributed by atoms with Gasteiger partial charge in [0.25, 0.3) is 0 Å². The summed E-state index contributed by atoms with van der Waals surface area (Å²) in [6.07, 6.45) is 5.76. The van der Waals surface area contributed by atoms with Crippen molar-refractivity contribution in [1.82, 2.24) is 14.5 Å². The van der Waals surface area contributed by atoms with Gasteiger partial charge in [-0.1, -0.05) is 42.5 Å². The van der Waals surface area contributed by atoms with E-state index in [-0.39, 0.29) is 11.8 Å². The van der Waals surface area contributed by atoms with Crippen LogP contribution in [0.4, 0.5) is 0 Å². The van der Waals surface area contributed by atoms with Crippen LogP contribution in [0.15, 0.2) is 73.3 Å². The lowest BCUT2D eigenvalue weighted by Crippen LogP contribution is -2.12. The topological polar surface area (TPSA) is 47.8 Å². The van der Waals surface area contributed by atoms with Crippen LogP contribution in [0, 0.1) is 0 Å². The Morgan fingerprint density at radius 1 is 1.04 bits per heavy atom. The molecule has 0 saturated heterocycles. The zero-order valence-corrected chi connectivity index (χ0v) is 13.5. The largest absolute Gasteiger partial charge is 0.322 e. The zero-order valence-electron chi connectivity index (χ0n) is 13.5. The molecule has 1 atom stereocenters. The molecule has 1 aliphatic rings. The number of para-hydroxylation sites is 1. The molecule has 0 spiro atoms. The SMILES string of the molecule is O=C(CC1c2ccccc2-c2cncn21)c1cnc2ccccc2c1. The van der Waals surface area contributed by atoms with Gasteiger partial charge >= 0.3 is 0 Å². The fourth-order valence-electron chi connectivity index (χ4n) is 3.66. The highest BCUT2D eigenvalue weighted by atomic mass is 16.1. The van der Waals surface area contributed by atoms with Gasteiger partial charge in [-0.15, -0.1) is 0 Å². The molecule has 0 N–H and O–H groups in total. The van der Waals surface area contributed by atoms with Gasteiger partial charge in [-0.05, 0) is 17.7 Å². The molecule has 0 aliphatic carbocycles. The van der Waals surface area contributed by atoms with Crippen LogP contribution in [-0.2, 0) is 0 Å². The normalized spacial score (nSPS) is 15.1. The molecule has 1 unspecified atom stereocenters.